The number of carbonyl (C=O) groups is 2. The van der Waals surface area contributed by atoms with Crippen molar-refractivity contribution >= 4 is 12.0 Å². The zero-order chi connectivity index (χ0) is 17.0. The van der Waals surface area contributed by atoms with Crippen LogP contribution in [0.3, 0.4) is 0 Å². The molecule has 1 aliphatic carbocycles. The molecule has 0 radical (unpaired) electrons. The Labute approximate surface area is 143 Å². The van der Waals surface area contributed by atoms with E-state index in [0.29, 0.717) is 12.8 Å². The second kappa shape index (κ2) is 7.24. The number of likely N-dealkylation sites (tertiary alicyclic amines) is 1. The number of amides is 2. The van der Waals surface area contributed by atoms with Crippen molar-refractivity contribution in [3.05, 3.63) is 35.9 Å². The van der Waals surface area contributed by atoms with Crippen LogP contribution in [0.15, 0.2) is 30.3 Å². The molecule has 1 heterocycles. The van der Waals surface area contributed by atoms with Crippen LogP contribution in [0.25, 0.3) is 0 Å². The fourth-order valence-corrected chi connectivity index (χ4v) is 4.03. The minimum absolute atomic E-state index is 0.0153. The predicted molar refractivity (Wildman–Crippen MR) is 91.9 cm³/mol. The molecule has 2 amide bonds. The molecule has 24 heavy (non-hydrogen) atoms. The van der Waals surface area contributed by atoms with Gasteiger partial charge in [0.1, 0.15) is 0 Å². The number of rotatable bonds is 6. The first-order chi connectivity index (χ1) is 11.6. The Morgan fingerprint density at radius 3 is 2.50 bits per heavy atom. The zero-order valence-electron chi connectivity index (χ0n) is 14.0. The standard InChI is InChI=1S/C19H26N2O3/c22-17(23)9-8-16(14-15-6-2-1-3-7-15)20-18(24)21-13-5-12-19(21)10-4-11-19/h1-3,6-7,16H,4-5,8-14H2,(H,20,24)(H,22,23). The molecule has 2 aliphatic rings. The Balaban J connectivity index is 1.64. The minimum atomic E-state index is -0.820. The number of urea groups is 1. The van der Waals surface area contributed by atoms with Crippen molar-refractivity contribution in [3.8, 4) is 0 Å². The number of benzene rings is 1. The highest BCUT2D eigenvalue weighted by molar-refractivity contribution is 5.76. The summed E-state index contributed by atoms with van der Waals surface area (Å²) in [5, 5.41) is 12.1. The number of carboxylic acid groups (broad SMARTS) is 1. The van der Waals surface area contributed by atoms with Gasteiger partial charge in [-0.1, -0.05) is 30.3 Å². The second-order valence-corrected chi connectivity index (χ2v) is 7.10. The van der Waals surface area contributed by atoms with E-state index < -0.39 is 5.97 Å². The van der Waals surface area contributed by atoms with Gasteiger partial charge in [-0.05, 0) is 50.5 Å². The quantitative estimate of drug-likeness (QED) is 0.841. The van der Waals surface area contributed by atoms with Crippen LogP contribution in [-0.2, 0) is 11.2 Å². The average Bonchev–Trinajstić information content (AvgIpc) is 2.99. The first-order valence-electron chi connectivity index (χ1n) is 8.93. The number of nitrogens with one attached hydrogen (secondary N) is 1. The van der Waals surface area contributed by atoms with E-state index in [4.69, 9.17) is 5.11 Å². The molecule has 1 aliphatic heterocycles. The highest BCUT2D eigenvalue weighted by Crippen LogP contribution is 2.45. The number of carboxylic acids is 1. The predicted octanol–water partition coefficient (Wildman–Crippen LogP) is 3.19. The van der Waals surface area contributed by atoms with Crippen molar-refractivity contribution in [1.82, 2.24) is 10.2 Å². The summed E-state index contributed by atoms with van der Waals surface area (Å²) >= 11 is 0. The third kappa shape index (κ3) is 3.71. The molecule has 0 aromatic heterocycles. The maximum absolute atomic E-state index is 12.8. The normalized spacial score (nSPS) is 19.8. The highest BCUT2D eigenvalue weighted by Gasteiger charge is 2.47. The molecular weight excluding hydrogens is 304 g/mol. The molecule has 1 aromatic carbocycles. The van der Waals surface area contributed by atoms with Crippen molar-refractivity contribution in [2.24, 2.45) is 0 Å². The van der Waals surface area contributed by atoms with E-state index >= 15 is 0 Å². The van der Waals surface area contributed by atoms with Crippen LogP contribution in [0.4, 0.5) is 4.79 Å². The van der Waals surface area contributed by atoms with Crippen molar-refractivity contribution in [2.75, 3.05) is 6.54 Å². The lowest BCUT2D eigenvalue weighted by Gasteiger charge is -2.46. The van der Waals surface area contributed by atoms with Gasteiger partial charge in [0.05, 0.1) is 0 Å². The summed E-state index contributed by atoms with van der Waals surface area (Å²) in [5.41, 5.74) is 1.21. The average molecular weight is 330 g/mol. The summed E-state index contributed by atoms with van der Waals surface area (Å²) in [6.07, 6.45) is 6.80. The largest absolute Gasteiger partial charge is 0.481 e. The number of hydrogen-bond donors (Lipinski definition) is 2. The Morgan fingerprint density at radius 1 is 1.17 bits per heavy atom. The summed E-state index contributed by atoms with van der Waals surface area (Å²) in [6, 6.07) is 9.77. The lowest BCUT2D eigenvalue weighted by atomic mass is 9.75. The Kier molecular flexibility index (Phi) is 5.07. The van der Waals surface area contributed by atoms with E-state index in [1.807, 2.05) is 35.2 Å². The molecule has 2 N–H and O–H groups in total. The van der Waals surface area contributed by atoms with Gasteiger partial charge in [0, 0.05) is 24.5 Å². The molecule has 1 aromatic rings. The van der Waals surface area contributed by atoms with Crippen LogP contribution in [0.5, 0.6) is 0 Å². The molecule has 1 saturated heterocycles. The fraction of sp³-hybridized carbons (Fsp3) is 0.579. The van der Waals surface area contributed by atoms with Gasteiger partial charge in [-0.3, -0.25) is 4.79 Å². The van der Waals surface area contributed by atoms with Crippen LogP contribution >= 0.6 is 0 Å². The Bertz CT molecular complexity index is 584. The summed E-state index contributed by atoms with van der Waals surface area (Å²) in [6.45, 7) is 0.822. The van der Waals surface area contributed by atoms with E-state index in [-0.39, 0.29) is 24.0 Å². The third-order valence-corrected chi connectivity index (χ3v) is 5.49. The van der Waals surface area contributed by atoms with Crippen molar-refractivity contribution in [2.45, 2.75) is 62.9 Å². The van der Waals surface area contributed by atoms with E-state index in [2.05, 4.69) is 5.32 Å². The summed E-state index contributed by atoms with van der Waals surface area (Å²) in [7, 11) is 0. The monoisotopic (exact) mass is 330 g/mol. The molecule has 1 spiro atoms. The van der Waals surface area contributed by atoms with Gasteiger partial charge in [0.25, 0.3) is 0 Å². The SMILES string of the molecule is O=C(O)CCC(Cc1ccccc1)NC(=O)N1CCCC12CCC2. The summed E-state index contributed by atoms with van der Waals surface area (Å²) in [4.78, 5) is 25.7. The molecule has 0 bridgehead atoms. The lowest BCUT2D eigenvalue weighted by Crippen LogP contribution is -2.56. The first-order valence-corrected chi connectivity index (χ1v) is 8.93. The molecule has 3 rings (SSSR count). The zero-order valence-corrected chi connectivity index (χ0v) is 14.0. The van der Waals surface area contributed by atoms with Gasteiger partial charge >= 0.3 is 12.0 Å². The van der Waals surface area contributed by atoms with Crippen LogP contribution in [0, 0.1) is 0 Å². The van der Waals surface area contributed by atoms with Crippen molar-refractivity contribution in [1.29, 1.82) is 0 Å². The maximum Gasteiger partial charge on any atom is 0.318 e. The van der Waals surface area contributed by atoms with E-state index in [1.54, 1.807) is 0 Å². The molecule has 2 fully saturated rings. The van der Waals surface area contributed by atoms with Crippen molar-refractivity contribution in [3.63, 3.8) is 0 Å². The van der Waals surface area contributed by atoms with Crippen LogP contribution in [0.1, 0.15) is 50.5 Å². The van der Waals surface area contributed by atoms with Gasteiger partial charge in [0.15, 0.2) is 0 Å². The van der Waals surface area contributed by atoms with E-state index in [9.17, 15) is 9.59 Å². The summed E-state index contributed by atoms with van der Waals surface area (Å²) < 4.78 is 0. The number of carbonyl (C=O) groups excluding carboxylic acids is 1. The first kappa shape index (κ1) is 16.8. The molecule has 1 atom stereocenters. The molecule has 1 saturated carbocycles. The molecule has 5 nitrogen and oxygen atoms in total. The van der Waals surface area contributed by atoms with E-state index in [0.717, 1.165) is 37.8 Å². The molecular formula is C19H26N2O3. The van der Waals surface area contributed by atoms with Gasteiger partial charge in [0.2, 0.25) is 0 Å². The van der Waals surface area contributed by atoms with Crippen LogP contribution in [-0.4, -0.2) is 40.1 Å². The summed E-state index contributed by atoms with van der Waals surface area (Å²) in [5.74, 6) is -0.820. The molecule has 130 valence electrons. The Morgan fingerprint density at radius 2 is 1.88 bits per heavy atom. The molecule has 5 heteroatoms. The smallest absolute Gasteiger partial charge is 0.318 e. The highest BCUT2D eigenvalue weighted by atomic mass is 16.4. The topological polar surface area (TPSA) is 69.6 Å². The number of hydrogen-bond acceptors (Lipinski definition) is 2. The number of aliphatic carboxylic acids is 1. The van der Waals surface area contributed by atoms with Gasteiger partial charge < -0.3 is 15.3 Å². The van der Waals surface area contributed by atoms with Gasteiger partial charge in [-0.15, -0.1) is 0 Å². The number of nitrogens with zero attached hydrogens (tertiary/aromatic N) is 1. The van der Waals surface area contributed by atoms with Crippen LogP contribution in [0.2, 0.25) is 0 Å². The Hall–Kier alpha value is -2.04. The minimum Gasteiger partial charge on any atom is -0.481 e. The van der Waals surface area contributed by atoms with Gasteiger partial charge in [-0.2, -0.15) is 0 Å². The van der Waals surface area contributed by atoms with Gasteiger partial charge in [-0.25, -0.2) is 4.79 Å². The third-order valence-electron chi connectivity index (χ3n) is 5.49. The van der Waals surface area contributed by atoms with Crippen LogP contribution < -0.4 is 5.32 Å². The lowest BCUT2D eigenvalue weighted by molar-refractivity contribution is -0.137. The van der Waals surface area contributed by atoms with E-state index in [1.165, 1.54) is 6.42 Å². The maximum atomic E-state index is 12.8. The fourth-order valence-electron chi connectivity index (χ4n) is 4.03. The molecule has 1 unspecified atom stereocenters. The van der Waals surface area contributed by atoms with Crippen molar-refractivity contribution < 1.29 is 14.7 Å². The second-order valence-electron chi connectivity index (χ2n) is 7.10.